The lowest BCUT2D eigenvalue weighted by Gasteiger charge is -2.37. The maximum absolute atomic E-state index is 15.7. The van der Waals surface area contributed by atoms with Gasteiger partial charge in [-0.05, 0) is 68.4 Å². The molecule has 5 heterocycles. The molecule has 0 unspecified atom stereocenters. The second kappa shape index (κ2) is 13.1. The number of hydrogen-bond donors (Lipinski definition) is 2. The van der Waals surface area contributed by atoms with E-state index < -0.39 is 41.8 Å². The van der Waals surface area contributed by atoms with Crippen LogP contribution < -0.4 is 10.6 Å². The summed E-state index contributed by atoms with van der Waals surface area (Å²) in [4.78, 5) is 51.9. The van der Waals surface area contributed by atoms with E-state index in [1.165, 1.54) is 29.2 Å². The number of amides is 1. The van der Waals surface area contributed by atoms with Gasteiger partial charge in [0.15, 0.2) is 11.4 Å². The predicted molar refractivity (Wildman–Crippen MR) is 176 cm³/mol. The number of rotatable bonds is 10. The van der Waals surface area contributed by atoms with E-state index in [9.17, 15) is 28.3 Å². The zero-order valence-electron chi connectivity index (χ0n) is 27.3. The number of unbranched alkanes of at least 4 members (excludes halogenated alkanes) is 2. The number of anilines is 1. The van der Waals surface area contributed by atoms with Gasteiger partial charge >= 0.3 is 17.6 Å². The number of alkyl halides is 2. The average molecular weight is 697 g/mol. The zero-order chi connectivity index (χ0) is 35.3. The van der Waals surface area contributed by atoms with Crippen molar-refractivity contribution in [2.45, 2.75) is 76.3 Å². The number of furan rings is 1. The summed E-state index contributed by atoms with van der Waals surface area (Å²) in [5.74, 6) is -6.57. The molecule has 2 aliphatic heterocycles. The van der Waals surface area contributed by atoms with E-state index in [4.69, 9.17) is 4.42 Å². The van der Waals surface area contributed by atoms with Gasteiger partial charge in [0, 0.05) is 50.0 Å². The number of carbonyl (C=O) groups is 2. The van der Waals surface area contributed by atoms with Crippen molar-refractivity contribution in [3.8, 4) is 0 Å². The van der Waals surface area contributed by atoms with Crippen LogP contribution in [0.25, 0.3) is 33.1 Å². The lowest BCUT2D eigenvalue weighted by atomic mass is 9.93. The number of aromatic amines is 1. The Kier molecular flexibility index (Phi) is 8.76. The van der Waals surface area contributed by atoms with E-state index in [-0.39, 0.29) is 65.4 Å². The summed E-state index contributed by atoms with van der Waals surface area (Å²) in [6.07, 6.45) is 1.79. The molecule has 2 aliphatic rings. The number of fused-ring (bicyclic) bond motifs is 4. The molecular weight excluding hydrogens is 660 g/mol. The van der Waals surface area contributed by atoms with Gasteiger partial charge in [0.2, 0.25) is 11.7 Å². The summed E-state index contributed by atoms with van der Waals surface area (Å²) < 4.78 is 66.5. The van der Waals surface area contributed by atoms with E-state index in [1.807, 2.05) is 6.92 Å². The molecule has 5 aromatic rings. The topological polar surface area (TPSA) is 138 Å². The number of carbonyl (C=O) groups excluding carboxylic acids is 1. The van der Waals surface area contributed by atoms with Crippen LogP contribution in [0.15, 0.2) is 45.6 Å². The van der Waals surface area contributed by atoms with E-state index >= 15 is 8.78 Å². The fourth-order valence-corrected chi connectivity index (χ4v) is 7.48. The minimum atomic E-state index is -3.47. The Morgan fingerprint density at radius 2 is 1.82 bits per heavy atom. The molecule has 3 aromatic heterocycles. The van der Waals surface area contributed by atoms with Crippen LogP contribution in [-0.2, 0) is 15.5 Å². The third-order valence-electron chi connectivity index (χ3n) is 10.00. The van der Waals surface area contributed by atoms with Gasteiger partial charge in [-0.25, -0.2) is 28.3 Å². The number of aliphatic carboxylic acids is 1. The number of H-pyrrole nitrogens is 1. The van der Waals surface area contributed by atoms with Crippen LogP contribution in [0.3, 0.4) is 0 Å². The Bertz CT molecular complexity index is 2160. The van der Waals surface area contributed by atoms with E-state index in [2.05, 4.69) is 15.0 Å². The first kappa shape index (κ1) is 33.5. The molecule has 0 aliphatic carbocycles. The number of likely N-dealkylation sites (tertiary alicyclic amines) is 1. The van der Waals surface area contributed by atoms with Crippen LogP contribution in [0.2, 0.25) is 0 Å². The van der Waals surface area contributed by atoms with E-state index in [0.29, 0.717) is 61.6 Å². The second-order valence-corrected chi connectivity index (χ2v) is 13.4. The first-order chi connectivity index (χ1) is 23.9. The van der Waals surface area contributed by atoms with E-state index in [0.717, 1.165) is 6.07 Å². The molecule has 264 valence electrons. The van der Waals surface area contributed by atoms with Gasteiger partial charge in [-0.3, -0.25) is 9.36 Å². The molecule has 0 radical (unpaired) electrons. The minimum absolute atomic E-state index is 0.0269. The van der Waals surface area contributed by atoms with Crippen LogP contribution in [0.1, 0.15) is 70.2 Å². The van der Waals surface area contributed by atoms with Crippen molar-refractivity contribution in [2.24, 2.45) is 5.92 Å². The molecule has 2 saturated heterocycles. The Hall–Kier alpha value is -4.95. The molecule has 1 amide bonds. The number of aromatic nitrogens is 4. The number of nitrogens with zero attached hydrogens (tertiary/aromatic N) is 5. The zero-order valence-corrected chi connectivity index (χ0v) is 27.3. The second-order valence-electron chi connectivity index (χ2n) is 13.4. The molecule has 11 nitrogen and oxygen atoms in total. The van der Waals surface area contributed by atoms with Gasteiger partial charge in [-0.15, -0.1) is 0 Å². The van der Waals surface area contributed by atoms with E-state index in [1.54, 1.807) is 15.5 Å². The fourth-order valence-electron chi connectivity index (χ4n) is 7.48. The number of imidazole rings is 1. The maximum Gasteiger partial charge on any atom is 0.326 e. The van der Waals surface area contributed by atoms with Crippen molar-refractivity contribution in [2.75, 3.05) is 24.5 Å². The van der Waals surface area contributed by atoms with Gasteiger partial charge in [0.25, 0.3) is 0 Å². The highest BCUT2D eigenvalue weighted by molar-refractivity contribution is 6.06. The normalized spacial score (nSPS) is 20.1. The van der Waals surface area contributed by atoms with Crippen LogP contribution >= 0.6 is 0 Å². The van der Waals surface area contributed by atoms with Gasteiger partial charge in [-0.2, -0.15) is 8.78 Å². The highest BCUT2D eigenvalue weighted by Gasteiger charge is 2.40. The molecule has 0 spiro atoms. The molecule has 3 atom stereocenters. The number of carboxylic acids is 1. The molecule has 2 aromatic carbocycles. The van der Waals surface area contributed by atoms with Crippen LogP contribution in [-0.4, -0.2) is 67.1 Å². The molecule has 50 heavy (non-hydrogen) atoms. The number of carboxylic acid groups (broad SMARTS) is 1. The Balaban J connectivity index is 0.987. The van der Waals surface area contributed by atoms with Crippen molar-refractivity contribution in [3.05, 3.63) is 64.3 Å². The smallest absolute Gasteiger partial charge is 0.326 e. The van der Waals surface area contributed by atoms with Crippen molar-refractivity contribution in [1.82, 2.24) is 24.4 Å². The Labute approximate surface area is 282 Å². The lowest BCUT2D eigenvalue weighted by Crippen LogP contribution is -2.44. The highest BCUT2D eigenvalue weighted by atomic mass is 19.3. The van der Waals surface area contributed by atoms with Crippen LogP contribution in [0.4, 0.5) is 23.4 Å². The third-order valence-corrected chi connectivity index (χ3v) is 10.00. The molecular formula is C35H36F4N6O5. The fraction of sp³-hybridized carbons (Fsp3) is 0.457. The quantitative estimate of drug-likeness (QED) is 0.125. The summed E-state index contributed by atoms with van der Waals surface area (Å²) in [6, 6.07) is 6.70. The van der Waals surface area contributed by atoms with Crippen molar-refractivity contribution in [3.63, 3.8) is 0 Å². The van der Waals surface area contributed by atoms with Gasteiger partial charge in [0.1, 0.15) is 28.8 Å². The molecule has 2 fully saturated rings. The SMILES string of the molecule is C[C@H]1CN(C(=O)CCCCCC(F)(F)c2nc(N3CCC[C@H]3C(=O)O)c3oc4cc(F)ccc4c3n2)CC[C@@H]1n1c(=O)[nH]c2cc(F)ccc21. The number of nitrogens with one attached hydrogen (secondary N) is 1. The molecule has 7 rings (SSSR count). The first-order valence-corrected chi connectivity index (χ1v) is 16.9. The number of hydrogen-bond acceptors (Lipinski definition) is 7. The molecule has 2 N–H and O–H groups in total. The molecule has 15 heteroatoms. The molecule has 0 bridgehead atoms. The Morgan fingerprint density at radius 1 is 1.04 bits per heavy atom. The molecule has 0 saturated carbocycles. The van der Waals surface area contributed by atoms with Gasteiger partial charge in [-0.1, -0.05) is 13.3 Å². The number of benzene rings is 2. The summed E-state index contributed by atoms with van der Waals surface area (Å²) in [5.41, 5.74) is 0.884. The summed E-state index contributed by atoms with van der Waals surface area (Å²) in [5, 5.41) is 10.1. The predicted octanol–water partition coefficient (Wildman–Crippen LogP) is 6.50. The monoisotopic (exact) mass is 696 g/mol. The minimum Gasteiger partial charge on any atom is -0.480 e. The lowest BCUT2D eigenvalue weighted by molar-refractivity contribution is -0.138. The van der Waals surface area contributed by atoms with Gasteiger partial charge < -0.3 is 24.3 Å². The van der Waals surface area contributed by atoms with Crippen LogP contribution in [0.5, 0.6) is 0 Å². The standard InChI is InChI=1S/C35H36F4N6O5/c1-19-18-43(15-12-24(19)45-25-11-9-20(36)16-23(25)40-34(45)49)28(46)7-3-2-4-13-35(38,39)33-41-29-22-10-8-21(37)17-27(22)50-30(29)31(42-33)44-14-5-6-26(44)32(47)48/h8-11,16-17,19,24,26H,2-7,12-15,18H2,1H3,(H,40,49)(H,47,48)/t19-,24-,26-/m0/s1. The Morgan fingerprint density at radius 3 is 2.60 bits per heavy atom. The van der Waals surface area contributed by atoms with Crippen molar-refractivity contribution in [1.29, 1.82) is 0 Å². The van der Waals surface area contributed by atoms with Crippen molar-refractivity contribution >= 4 is 50.8 Å². The van der Waals surface area contributed by atoms with Crippen LogP contribution in [0, 0.1) is 17.6 Å². The first-order valence-electron chi connectivity index (χ1n) is 16.9. The average Bonchev–Trinajstić information content (AvgIpc) is 3.78. The van der Waals surface area contributed by atoms with Gasteiger partial charge in [0.05, 0.1) is 11.0 Å². The maximum atomic E-state index is 15.7. The summed E-state index contributed by atoms with van der Waals surface area (Å²) >= 11 is 0. The third kappa shape index (κ3) is 6.17. The number of halogens is 4. The number of piperidine rings is 1. The van der Waals surface area contributed by atoms with Crippen molar-refractivity contribution < 1.29 is 36.7 Å². The highest BCUT2D eigenvalue weighted by Crippen LogP contribution is 2.40. The largest absolute Gasteiger partial charge is 0.480 e. The summed E-state index contributed by atoms with van der Waals surface area (Å²) in [6.45, 7) is 3.09. The summed E-state index contributed by atoms with van der Waals surface area (Å²) in [7, 11) is 0.